The Balaban J connectivity index is 2.47. The number of halogens is 1. The number of nitrogens with zero attached hydrogens (tertiary/aromatic N) is 1. The van der Waals surface area contributed by atoms with Crippen molar-refractivity contribution in [2.45, 2.75) is 20.4 Å². The van der Waals surface area contributed by atoms with Gasteiger partial charge in [0.25, 0.3) is 0 Å². The van der Waals surface area contributed by atoms with Gasteiger partial charge in [0.05, 0.1) is 0 Å². The van der Waals surface area contributed by atoms with E-state index in [1.165, 1.54) is 17.2 Å². The van der Waals surface area contributed by atoms with Gasteiger partial charge < -0.3 is 10.2 Å². The van der Waals surface area contributed by atoms with Gasteiger partial charge in [-0.25, -0.2) is 4.39 Å². The average Bonchev–Trinajstić information content (AvgIpc) is 2.40. The first-order valence-corrected chi connectivity index (χ1v) is 6.77. The highest BCUT2D eigenvalue weighted by molar-refractivity contribution is 5.68. The molecule has 2 aromatic carbocycles. The summed E-state index contributed by atoms with van der Waals surface area (Å²) in [6.45, 7) is 4.67. The molecule has 0 aliphatic heterocycles. The predicted molar refractivity (Wildman–Crippen MR) is 83.1 cm³/mol. The van der Waals surface area contributed by atoms with E-state index in [4.69, 9.17) is 0 Å². The zero-order chi connectivity index (χ0) is 14.7. The molecule has 0 heterocycles. The van der Waals surface area contributed by atoms with Gasteiger partial charge in [-0.2, -0.15) is 0 Å². The summed E-state index contributed by atoms with van der Waals surface area (Å²) in [5.41, 5.74) is 5.10. The van der Waals surface area contributed by atoms with Crippen LogP contribution in [-0.2, 0) is 6.54 Å². The molecule has 0 unspecified atom stereocenters. The van der Waals surface area contributed by atoms with E-state index in [0.717, 1.165) is 11.4 Å². The Kier molecular flexibility index (Phi) is 4.40. The van der Waals surface area contributed by atoms with Crippen molar-refractivity contribution in [3.05, 3.63) is 58.9 Å². The molecule has 0 bridgehead atoms. The third kappa shape index (κ3) is 2.83. The van der Waals surface area contributed by atoms with E-state index in [2.05, 4.69) is 37.4 Å². The lowest BCUT2D eigenvalue weighted by Gasteiger charge is -2.25. The van der Waals surface area contributed by atoms with Crippen LogP contribution in [0.3, 0.4) is 0 Å². The fourth-order valence-corrected chi connectivity index (χ4v) is 2.52. The molecule has 106 valence electrons. The van der Waals surface area contributed by atoms with E-state index in [1.807, 2.05) is 25.1 Å². The van der Waals surface area contributed by atoms with E-state index in [0.29, 0.717) is 12.1 Å². The highest BCUT2D eigenvalue weighted by Gasteiger charge is 2.14. The van der Waals surface area contributed by atoms with Crippen molar-refractivity contribution >= 4 is 11.4 Å². The van der Waals surface area contributed by atoms with Crippen LogP contribution >= 0.6 is 0 Å². The molecule has 0 fully saturated rings. The SMILES string of the molecule is CNCc1c(F)cccc1N(C)c1ccc(C)cc1C. The zero-order valence-electron chi connectivity index (χ0n) is 12.5. The van der Waals surface area contributed by atoms with E-state index in [9.17, 15) is 4.39 Å². The smallest absolute Gasteiger partial charge is 0.129 e. The van der Waals surface area contributed by atoms with Gasteiger partial charge in [0.15, 0.2) is 0 Å². The van der Waals surface area contributed by atoms with Crippen LogP contribution in [0.4, 0.5) is 15.8 Å². The number of rotatable bonds is 4. The van der Waals surface area contributed by atoms with Crippen LogP contribution in [0.15, 0.2) is 36.4 Å². The van der Waals surface area contributed by atoms with Gasteiger partial charge in [-0.05, 0) is 44.7 Å². The molecule has 2 aromatic rings. The molecule has 3 heteroatoms. The number of nitrogens with one attached hydrogen (secondary N) is 1. The lowest BCUT2D eigenvalue weighted by molar-refractivity contribution is 0.601. The van der Waals surface area contributed by atoms with Gasteiger partial charge in [0.1, 0.15) is 5.82 Å². The van der Waals surface area contributed by atoms with E-state index < -0.39 is 0 Å². The van der Waals surface area contributed by atoms with E-state index in [1.54, 1.807) is 6.07 Å². The van der Waals surface area contributed by atoms with Crippen molar-refractivity contribution in [2.75, 3.05) is 19.0 Å². The molecule has 20 heavy (non-hydrogen) atoms. The summed E-state index contributed by atoms with van der Waals surface area (Å²) in [5.74, 6) is -0.173. The Morgan fingerprint density at radius 2 is 1.85 bits per heavy atom. The predicted octanol–water partition coefficient (Wildman–Crippen LogP) is 3.93. The summed E-state index contributed by atoms with van der Waals surface area (Å²) in [6, 6.07) is 11.5. The number of benzene rings is 2. The quantitative estimate of drug-likeness (QED) is 0.907. The Bertz CT molecular complexity index is 608. The number of hydrogen-bond donors (Lipinski definition) is 1. The van der Waals surface area contributed by atoms with Gasteiger partial charge in [0, 0.05) is 30.5 Å². The molecule has 0 saturated heterocycles. The maximum Gasteiger partial charge on any atom is 0.129 e. The molecule has 0 aliphatic rings. The molecule has 2 nitrogen and oxygen atoms in total. The van der Waals surface area contributed by atoms with Crippen molar-refractivity contribution in [1.29, 1.82) is 0 Å². The van der Waals surface area contributed by atoms with Crippen LogP contribution < -0.4 is 10.2 Å². The fourth-order valence-electron chi connectivity index (χ4n) is 2.52. The third-order valence-electron chi connectivity index (χ3n) is 3.52. The number of anilines is 2. The second-order valence-corrected chi connectivity index (χ2v) is 5.12. The molecule has 0 atom stereocenters. The van der Waals surface area contributed by atoms with Crippen LogP contribution in [0.2, 0.25) is 0 Å². The van der Waals surface area contributed by atoms with E-state index in [-0.39, 0.29) is 5.82 Å². The minimum absolute atomic E-state index is 0.173. The van der Waals surface area contributed by atoms with Crippen molar-refractivity contribution in [3.63, 3.8) is 0 Å². The van der Waals surface area contributed by atoms with Gasteiger partial charge in [-0.15, -0.1) is 0 Å². The maximum atomic E-state index is 14.0. The van der Waals surface area contributed by atoms with Gasteiger partial charge in [-0.1, -0.05) is 23.8 Å². The topological polar surface area (TPSA) is 15.3 Å². The molecule has 2 rings (SSSR count). The van der Waals surface area contributed by atoms with Crippen molar-refractivity contribution in [2.24, 2.45) is 0 Å². The standard InChI is InChI=1S/C17H21FN2/c1-12-8-9-16(13(2)10-12)20(4)17-7-5-6-15(18)14(17)11-19-3/h5-10,19H,11H2,1-4H3. The fraction of sp³-hybridized carbons (Fsp3) is 0.294. The van der Waals surface area contributed by atoms with Gasteiger partial charge >= 0.3 is 0 Å². The Morgan fingerprint density at radius 1 is 1.10 bits per heavy atom. The third-order valence-corrected chi connectivity index (χ3v) is 3.52. The molecule has 0 saturated carbocycles. The molecule has 0 aromatic heterocycles. The van der Waals surface area contributed by atoms with Crippen molar-refractivity contribution < 1.29 is 4.39 Å². The first-order valence-electron chi connectivity index (χ1n) is 6.77. The second kappa shape index (κ2) is 6.06. The highest BCUT2D eigenvalue weighted by Crippen LogP contribution is 2.31. The minimum atomic E-state index is -0.173. The summed E-state index contributed by atoms with van der Waals surface area (Å²) < 4.78 is 14.0. The molecule has 1 N–H and O–H groups in total. The van der Waals surface area contributed by atoms with Gasteiger partial charge in [0.2, 0.25) is 0 Å². The van der Waals surface area contributed by atoms with E-state index >= 15 is 0 Å². The largest absolute Gasteiger partial charge is 0.344 e. The maximum absolute atomic E-state index is 14.0. The molecule has 0 aliphatic carbocycles. The lowest BCUT2D eigenvalue weighted by Crippen LogP contribution is -2.17. The first kappa shape index (κ1) is 14.5. The average molecular weight is 272 g/mol. The first-order chi connectivity index (χ1) is 9.54. The van der Waals surface area contributed by atoms with Gasteiger partial charge in [-0.3, -0.25) is 0 Å². The molecule has 0 spiro atoms. The summed E-state index contributed by atoms with van der Waals surface area (Å²) in [6.07, 6.45) is 0. The number of aryl methyl sites for hydroxylation is 2. The molecule has 0 radical (unpaired) electrons. The van der Waals surface area contributed by atoms with Crippen molar-refractivity contribution in [1.82, 2.24) is 5.32 Å². The Labute approximate surface area is 120 Å². The Hall–Kier alpha value is -1.87. The molecular formula is C17H21FN2. The Morgan fingerprint density at radius 3 is 2.50 bits per heavy atom. The summed E-state index contributed by atoms with van der Waals surface area (Å²) in [7, 11) is 3.80. The molecule has 0 amide bonds. The van der Waals surface area contributed by atoms with Crippen LogP contribution in [-0.4, -0.2) is 14.1 Å². The van der Waals surface area contributed by atoms with Crippen molar-refractivity contribution in [3.8, 4) is 0 Å². The zero-order valence-corrected chi connectivity index (χ0v) is 12.5. The number of hydrogen-bond acceptors (Lipinski definition) is 2. The summed E-state index contributed by atoms with van der Waals surface area (Å²) >= 11 is 0. The normalized spacial score (nSPS) is 10.7. The second-order valence-electron chi connectivity index (χ2n) is 5.12. The highest BCUT2D eigenvalue weighted by atomic mass is 19.1. The van der Waals surface area contributed by atoms with Crippen LogP contribution in [0.25, 0.3) is 0 Å². The summed E-state index contributed by atoms with van der Waals surface area (Å²) in [4.78, 5) is 2.05. The monoisotopic (exact) mass is 272 g/mol. The van der Waals surface area contributed by atoms with Crippen LogP contribution in [0.5, 0.6) is 0 Å². The summed E-state index contributed by atoms with van der Waals surface area (Å²) in [5, 5.41) is 3.03. The lowest BCUT2D eigenvalue weighted by atomic mass is 10.1. The van der Waals surface area contributed by atoms with Crippen LogP contribution in [0.1, 0.15) is 16.7 Å². The minimum Gasteiger partial charge on any atom is -0.344 e. The van der Waals surface area contributed by atoms with Crippen LogP contribution in [0, 0.1) is 19.7 Å². The molecular weight excluding hydrogens is 251 g/mol.